The second-order valence-corrected chi connectivity index (χ2v) is 10.8. The number of carbonyl (C=O) groups is 2. The molecule has 0 aliphatic heterocycles. The second-order valence-electron chi connectivity index (χ2n) is 7.39. The van der Waals surface area contributed by atoms with Crippen LogP contribution in [-0.2, 0) is 4.79 Å². The summed E-state index contributed by atoms with van der Waals surface area (Å²) in [5.74, 6) is -0.572. The molecule has 6 N–H and O–H groups in total. The molecule has 0 aliphatic carbocycles. The lowest BCUT2D eigenvalue weighted by molar-refractivity contribution is -0.117. The molecule has 1 aromatic rings. The summed E-state index contributed by atoms with van der Waals surface area (Å²) in [6.45, 7) is 0.945. The first kappa shape index (κ1) is 30.2. The van der Waals surface area contributed by atoms with Crippen molar-refractivity contribution in [3.8, 4) is 0 Å². The fourth-order valence-electron chi connectivity index (χ4n) is 2.86. The Morgan fingerprint density at radius 2 is 1.62 bits per heavy atom. The van der Waals surface area contributed by atoms with Crippen molar-refractivity contribution in [2.75, 3.05) is 25.5 Å². The normalized spacial score (nSPS) is 15.1. The van der Waals surface area contributed by atoms with Gasteiger partial charge in [0, 0.05) is 27.2 Å². The van der Waals surface area contributed by atoms with Gasteiger partial charge in [-0.15, -0.1) is 0 Å². The molecule has 1 aromatic carbocycles. The number of hydrogen-bond donors (Lipinski definition) is 6. The molecule has 0 saturated carbocycles. The van der Waals surface area contributed by atoms with E-state index >= 15 is 0 Å². The molecule has 0 aliphatic rings. The van der Waals surface area contributed by atoms with Gasteiger partial charge in [0.1, 0.15) is 24.4 Å². The fraction of sp³-hybridized carbons (Fsp3) is 0.600. The molecule has 0 spiro atoms. The third-order valence-corrected chi connectivity index (χ3v) is 7.57. The van der Waals surface area contributed by atoms with Crippen molar-refractivity contribution < 1.29 is 35.1 Å². The molecule has 9 nitrogen and oxygen atoms in total. The summed E-state index contributed by atoms with van der Waals surface area (Å²) in [5, 5.41) is 51.2. The van der Waals surface area contributed by atoms with E-state index in [-0.39, 0.29) is 12.5 Å². The van der Waals surface area contributed by atoms with Crippen LogP contribution < -0.4 is 5.32 Å². The molecule has 0 fully saturated rings. The molecule has 32 heavy (non-hydrogen) atoms. The van der Waals surface area contributed by atoms with E-state index in [9.17, 15) is 30.0 Å². The van der Waals surface area contributed by atoms with Crippen molar-refractivity contribution in [1.82, 2.24) is 4.90 Å². The van der Waals surface area contributed by atoms with Crippen molar-refractivity contribution >= 4 is 85.3 Å². The van der Waals surface area contributed by atoms with Crippen molar-refractivity contribution in [3.05, 3.63) is 22.3 Å². The third-order valence-electron chi connectivity index (χ3n) is 4.79. The number of unbranched alkanes of at least 4 members (excludes halogenated alkanes) is 2. The quantitative estimate of drug-likeness (QED) is 0.139. The van der Waals surface area contributed by atoms with Gasteiger partial charge in [0.05, 0.1) is 21.4 Å². The van der Waals surface area contributed by atoms with Crippen molar-refractivity contribution in [2.24, 2.45) is 0 Å². The molecule has 0 radical (unpaired) electrons. The Hall–Kier alpha value is 0.150. The monoisotopic (exact) mass is 790 g/mol. The van der Waals surface area contributed by atoms with E-state index < -0.39 is 36.9 Å². The van der Waals surface area contributed by atoms with Gasteiger partial charge in [-0.05, 0) is 80.3 Å². The highest BCUT2D eigenvalue weighted by molar-refractivity contribution is 14.1. The Bertz CT molecular complexity index is 797. The van der Waals surface area contributed by atoms with E-state index in [1.165, 1.54) is 11.9 Å². The number of rotatable bonds is 12. The van der Waals surface area contributed by atoms with E-state index in [0.717, 1.165) is 22.8 Å². The van der Waals surface area contributed by atoms with Crippen LogP contribution >= 0.6 is 67.8 Å². The van der Waals surface area contributed by atoms with Crippen LogP contribution in [0.1, 0.15) is 43.0 Å². The number of hydrogen-bond acceptors (Lipinski definition) is 7. The van der Waals surface area contributed by atoms with Gasteiger partial charge < -0.3 is 35.7 Å². The van der Waals surface area contributed by atoms with Crippen LogP contribution in [0.15, 0.2) is 6.07 Å². The van der Waals surface area contributed by atoms with Gasteiger partial charge >= 0.3 is 0 Å². The molecule has 0 aromatic heterocycles. The largest absolute Gasteiger partial charge is 0.394 e. The maximum absolute atomic E-state index is 13.1. The lowest BCUT2D eigenvalue weighted by atomic mass is 10.0. The Labute approximate surface area is 228 Å². The average molecular weight is 790 g/mol. The first-order valence-corrected chi connectivity index (χ1v) is 13.3. The van der Waals surface area contributed by atoms with E-state index in [4.69, 9.17) is 5.11 Å². The molecule has 0 bridgehead atoms. The number of nitrogens with one attached hydrogen (secondary N) is 1. The predicted molar refractivity (Wildman–Crippen MR) is 145 cm³/mol. The van der Waals surface area contributed by atoms with Crippen LogP contribution in [0, 0.1) is 10.7 Å². The first-order valence-electron chi connectivity index (χ1n) is 10.0. The number of benzene rings is 1. The van der Waals surface area contributed by atoms with Crippen LogP contribution in [0.2, 0.25) is 0 Å². The van der Waals surface area contributed by atoms with Crippen LogP contribution in [0.4, 0.5) is 5.69 Å². The van der Waals surface area contributed by atoms with Crippen molar-refractivity contribution in [1.29, 1.82) is 0 Å². The highest BCUT2D eigenvalue weighted by Crippen LogP contribution is 2.32. The van der Waals surface area contributed by atoms with Gasteiger partial charge in [0.15, 0.2) is 0 Å². The molecular weight excluding hydrogens is 761 g/mol. The van der Waals surface area contributed by atoms with Gasteiger partial charge in [-0.3, -0.25) is 9.59 Å². The zero-order valence-corrected chi connectivity index (χ0v) is 24.2. The lowest BCUT2D eigenvalue weighted by Crippen LogP contribution is -2.50. The predicted octanol–water partition coefficient (Wildman–Crippen LogP) is 1.53. The van der Waals surface area contributed by atoms with E-state index in [2.05, 4.69) is 34.8 Å². The summed E-state index contributed by atoms with van der Waals surface area (Å²) >= 11 is 6.13. The standard InChI is InChI=1S/C20H29I3N2O7/c1-3-4-5-6-14(29)24-17-11(22)7-10(21)15(16(17)23)20(32)25(2)8-12(27)18(30)19(31)13(28)9-26/h7,12-13,18-19,26-28,30-31H,3-6,8-9H2,1-2H3,(H,24,29)/t12-,13+,18+,19+/m0/s1. The summed E-state index contributed by atoms with van der Waals surface area (Å²) in [6.07, 6.45) is -3.58. The van der Waals surface area contributed by atoms with Gasteiger partial charge in [0.25, 0.3) is 5.91 Å². The molecular formula is C20H29I3N2O7. The smallest absolute Gasteiger partial charge is 0.255 e. The molecule has 0 unspecified atom stereocenters. The topological polar surface area (TPSA) is 151 Å². The SMILES string of the molecule is CCCCCC(=O)Nc1c(I)cc(I)c(C(=O)N(C)C[C@H](O)[C@@H](O)[C@H](O)[C@H](O)CO)c1I. The maximum Gasteiger partial charge on any atom is 0.255 e. The maximum atomic E-state index is 13.1. The van der Waals surface area contributed by atoms with Gasteiger partial charge in [-0.25, -0.2) is 0 Å². The van der Waals surface area contributed by atoms with E-state index in [1.54, 1.807) is 6.07 Å². The molecule has 0 saturated heterocycles. The van der Waals surface area contributed by atoms with Crippen molar-refractivity contribution in [2.45, 2.75) is 57.0 Å². The first-order chi connectivity index (χ1) is 15.0. The van der Waals surface area contributed by atoms with Gasteiger partial charge in [-0.2, -0.15) is 0 Å². The fourth-order valence-corrected chi connectivity index (χ4v) is 6.97. The number of likely N-dealkylation sites (N-methyl/N-ethyl adjacent to an activating group) is 1. The molecule has 182 valence electrons. The number of aliphatic hydroxyl groups excluding tert-OH is 5. The van der Waals surface area contributed by atoms with E-state index in [1.807, 2.05) is 45.2 Å². The second kappa shape index (κ2) is 14.5. The Morgan fingerprint density at radius 3 is 2.19 bits per heavy atom. The zero-order chi connectivity index (χ0) is 24.6. The van der Waals surface area contributed by atoms with Gasteiger partial charge in [0.2, 0.25) is 5.91 Å². The summed E-state index contributed by atoms with van der Waals surface area (Å²) < 4.78 is 2.00. The molecule has 12 heteroatoms. The third kappa shape index (κ3) is 8.42. The number of anilines is 1. The Morgan fingerprint density at radius 1 is 1.03 bits per heavy atom. The highest BCUT2D eigenvalue weighted by atomic mass is 127. The lowest BCUT2D eigenvalue weighted by Gasteiger charge is -2.29. The number of amides is 2. The minimum Gasteiger partial charge on any atom is -0.394 e. The Balaban J connectivity index is 3.03. The highest BCUT2D eigenvalue weighted by Gasteiger charge is 2.32. The molecule has 4 atom stereocenters. The number of nitrogens with zero attached hydrogens (tertiary/aromatic N) is 1. The minimum atomic E-state index is -1.77. The van der Waals surface area contributed by atoms with Crippen LogP contribution in [0.3, 0.4) is 0 Å². The number of halogens is 3. The van der Waals surface area contributed by atoms with Crippen LogP contribution in [-0.4, -0.2) is 86.9 Å². The summed E-state index contributed by atoms with van der Waals surface area (Å²) in [5.41, 5.74) is 0.891. The average Bonchev–Trinajstić information content (AvgIpc) is 2.74. The molecule has 1 rings (SSSR count). The Kier molecular flexibility index (Phi) is 13.7. The van der Waals surface area contributed by atoms with Crippen LogP contribution in [0.25, 0.3) is 0 Å². The summed E-state index contributed by atoms with van der Waals surface area (Å²) in [7, 11) is 1.43. The molecule has 2 amide bonds. The molecule has 0 heterocycles. The summed E-state index contributed by atoms with van der Waals surface area (Å²) in [6, 6.07) is 1.78. The summed E-state index contributed by atoms with van der Waals surface area (Å²) in [4.78, 5) is 26.6. The zero-order valence-electron chi connectivity index (χ0n) is 17.8. The minimum absolute atomic E-state index is 0.128. The van der Waals surface area contributed by atoms with Crippen molar-refractivity contribution in [3.63, 3.8) is 0 Å². The number of aliphatic hydroxyl groups is 5. The van der Waals surface area contributed by atoms with E-state index in [0.29, 0.717) is 24.8 Å². The van der Waals surface area contributed by atoms with Crippen LogP contribution in [0.5, 0.6) is 0 Å². The van der Waals surface area contributed by atoms with Gasteiger partial charge in [-0.1, -0.05) is 19.8 Å². The number of carbonyl (C=O) groups excluding carboxylic acids is 2.